The van der Waals surface area contributed by atoms with E-state index in [1.165, 1.54) is 30.1 Å². The number of benzene rings is 2. The third-order valence-electron chi connectivity index (χ3n) is 8.52. The van der Waals surface area contributed by atoms with E-state index in [4.69, 9.17) is 4.74 Å². The molecule has 2 aromatic carbocycles. The number of anilines is 2. The van der Waals surface area contributed by atoms with E-state index in [2.05, 4.69) is 27.4 Å². The van der Waals surface area contributed by atoms with Gasteiger partial charge in [-0.3, -0.25) is 4.90 Å². The minimum Gasteiger partial charge on any atom is -0.495 e. The number of ether oxygens (including phenoxy) is 1. The van der Waals surface area contributed by atoms with Gasteiger partial charge in [-0.05, 0) is 61.9 Å². The Kier molecular flexibility index (Phi) is 9.35. The van der Waals surface area contributed by atoms with Gasteiger partial charge in [-0.15, -0.1) is 0 Å². The van der Waals surface area contributed by atoms with E-state index in [0.29, 0.717) is 41.5 Å². The molecule has 2 aliphatic rings. The summed E-state index contributed by atoms with van der Waals surface area (Å²) in [6, 6.07) is 11.8. The zero-order valence-electron chi connectivity index (χ0n) is 25.3. The number of rotatable bonds is 9. The van der Waals surface area contributed by atoms with Crippen LogP contribution in [0.1, 0.15) is 31.4 Å². The Morgan fingerprint density at radius 2 is 1.69 bits per heavy atom. The van der Waals surface area contributed by atoms with Crippen LogP contribution in [0.15, 0.2) is 47.4 Å². The second kappa shape index (κ2) is 12.8. The summed E-state index contributed by atoms with van der Waals surface area (Å²) < 4.78 is 94.6. The van der Waals surface area contributed by atoms with E-state index in [-0.39, 0.29) is 28.4 Å². The van der Waals surface area contributed by atoms with Crippen LogP contribution in [0.2, 0.25) is 0 Å². The number of halogens is 3. The van der Waals surface area contributed by atoms with Crippen LogP contribution >= 0.6 is 0 Å². The molecule has 9 nitrogen and oxygen atoms in total. The van der Waals surface area contributed by atoms with Crippen molar-refractivity contribution < 1.29 is 34.7 Å². The topological polar surface area (TPSA) is 110 Å². The summed E-state index contributed by atoms with van der Waals surface area (Å²) in [7, 11) is -5.03. The van der Waals surface area contributed by atoms with Gasteiger partial charge in [0, 0.05) is 54.8 Å². The second-order valence-electron chi connectivity index (χ2n) is 11.8. The molecule has 2 fully saturated rings. The first kappa shape index (κ1) is 33.0. The zero-order chi connectivity index (χ0) is 32.6. The maximum Gasteiger partial charge on any atom is 0.406 e. The van der Waals surface area contributed by atoms with Gasteiger partial charge in [0.2, 0.25) is 0 Å². The van der Waals surface area contributed by atoms with Crippen molar-refractivity contribution in [2.45, 2.75) is 60.6 Å². The number of fused-ring (bicyclic) bond motifs is 1. The van der Waals surface area contributed by atoms with Crippen LogP contribution in [0, 0.1) is 11.8 Å². The van der Waals surface area contributed by atoms with Crippen molar-refractivity contribution >= 4 is 42.0 Å². The van der Waals surface area contributed by atoms with Gasteiger partial charge in [0.15, 0.2) is 19.7 Å². The number of hydrogen-bond donors (Lipinski definition) is 2. The van der Waals surface area contributed by atoms with Gasteiger partial charge < -0.3 is 19.9 Å². The molecular formula is C31H37F3N4O5S2. The van der Waals surface area contributed by atoms with Crippen LogP contribution in [0.4, 0.5) is 24.5 Å². The highest BCUT2D eigenvalue weighted by Crippen LogP contribution is 2.34. The Morgan fingerprint density at radius 1 is 0.978 bits per heavy atom. The maximum absolute atomic E-state index is 13.6. The molecule has 5 rings (SSSR count). The number of alkyl halides is 3. The van der Waals surface area contributed by atoms with Crippen LogP contribution in [-0.4, -0.2) is 89.1 Å². The van der Waals surface area contributed by atoms with Gasteiger partial charge in [0.1, 0.15) is 12.3 Å². The summed E-state index contributed by atoms with van der Waals surface area (Å²) in [5.41, 5.74) is 1.89. The van der Waals surface area contributed by atoms with Crippen molar-refractivity contribution in [3.05, 3.63) is 48.2 Å². The molecular weight excluding hydrogens is 629 g/mol. The van der Waals surface area contributed by atoms with Gasteiger partial charge >= 0.3 is 6.18 Å². The lowest BCUT2D eigenvalue weighted by Crippen LogP contribution is -2.59. The lowest BCUT2D eigenvalue weighted by Gasteiger charge is -2.46. The summed E-state index contributed by atoms with van der Waals surface area (Å²) in [5, 5.41) is 6.95. The molecule has 14 heteroatoms. The lowest BCUT2D eigenvalue weighted by atomic mass is 9.88. The summed E-state index contributed by atoms with van der Waals surface area (Å²) in [6.07, 6.45) is 1.51. The van der Waals surface area contributed by atoms with E-state index < -0.39 is 32.4 Å². The third kappa shape index (κ3) is 7.88. The van der Waals surface area contributed by atoms with Gasteiger partial charge in [-0.2, -0.15) is 13.2 Å². The largest absolute Gasteiger partial charge is 0.495 e. The molecule has 244 valence electrons. The van der Waals surface area contributed by atoms with Crippen molar-refractivity contribution in [2.75, 3.05) is 49.9 Å². The molecule has 0 amide bonds. The average Bonchev–Trinajstić information content (AvgIpc) is 3.26. The number of nitrogens with zero attached hydrogens (tertiary/aromatic N) is 2. The Morgan fingerprint density at radius 3 is 2.31 bits per heavy atom. The number of methoxy groups -OCH3 is 1. The molecule has 3 aromatic rings. The summed E-state index contributed by atoms with van der Waals surface area (Å²) in [4.78, 5) is 2.34. The number of nitrogens with one attached hydrogen (secondary N) is 2. The molecule has 0 spiro atoms. The summed E-state index contributed by atoms with van der Waals surface area (Å²) in [5.74, 6) is 6.07. The molecule has 0 atom stereocenters. The molecule has 1 saturated carbocycles. The molecule has 0 unspecified atom stereocenters. The highest BCUT2D eigenvalue weighted by atomic mass is 32.2. The molecule has 0 bridgehead atoms. The van der Waals surface area contributed by atoms with Crippen molar-refractivity contribution in [3.8, 4) is 17.6 Å². The second-order valence-corrected chi connectivity index (χ2v) is 16.2. The predicted molar refractivity (Wildman–Crippen MR) is 169 cm³/mol. The van der Waals surface area contributed by atoms with Crippen molar-refractivity contribution in [1.82, 2.24) is 9.47 Å². The standard InChI is InChI=1S/C31H37F3N4O5S2/c1-43-30-17-24(44(2,39)40)13-14-28(30)35-15-5-6-23-16-26-27(7-4-8-29(26)38(23)20-31(32,33)34)36-21-9-11-22(12-10-21)37-18-25(19-37)45(3,41)42/h4,7-8,13-14,16-17,21-22,25,35-36H,9-12,15,18-20H2,1-3H3/t21-,22+. The van der Waals surface area contributed by atoms with Crippen LogP contribution in [0.3, 0.4) is 0 Å². The fourth-order valence-electron chi connectivity index (χ4n) is 6.03. The van der Waals surface area contributed by atoms with Crippen molar-refractivity contribution in [1.29, 1.82) is 0 Å². The Bertz CT molecular complexity index is 1830. The Hall–Kier alpha value is -3.41. The smallest absolute Gasteiger partial charge is 0.406 e. The number of hydrogen-bond acceptors (Lipinski definition) is 8. The minimum absolute atomic E-state index is 0.0818. The fourth-order valence-corrected chi connectivity index (χ4v) is 7.59. The van der Waals surface area contributed by atoms with Gasteiger partial charge in [0.05, 0.1) is 40.7 Å². The van der Waals surface area contributed by atoms with Crippen molar-refractivity contribution in [2.24, 2.45) is 0 Å². The molecule has 2 heterocycles. The van der Waals surface area contributed by atoms with Gasteiger partial charge in [-0.25, -0.2) is 16.8 Å². The molecule has 1 aromatic heterocycles. The van der Waals surface area contributed by atoms with Gasteiger partial charge in [-0.1, -0.05) is 12.0 Å². The number of likely N-dealkylation sites (tertiary alicyclic amines) is 1. The maximum atomic E-state index is 13.6. The molecule has 2 N–H and O–H groups in total. The minimum atomic E-state index is -4.45. The van der Waals surface area contributed by atoms with Crippen LogP contribution in [0.5, 0.6) is 5.75 Å². The number of sulfone groups is 2. The molecule has 1 saturated heterocycles. The lowest BCUT2D eigenvalue weighted by molar-refractivity contribution is -0.140. The van der Waals surface area contributed by atoms with E-state index in [1.807, 2.05) is 6.07 Å². The van der Waals surface area contributed by atoms with E-state index >= 15 is 0 Å². The first-order chi connectivity index (χ1) is 21.1. The molecule has 1 aliphatic carbocycles. The Balaban J connectivity index is 1.30. The zero-order valence-corrected chi connectivity index (χ0v) is 26.9. The highest BCUT2D eigenvalue weighted by molar-refractivity contribution is 7.91. The highest BCUT2D eigenvalue weighted by Gasteiger charge is 2.39. The molecule has 45 heavy (non-hydrogen) atoms. The first-order valence-electron chi connectivity index (χ1n) is 14.6. The average molecular weight is 667 g/mol. The van der Waals surface area contributed by atoms with Crippen molar-refractivity contribution in [3.63, 3.8) is 0 Å². The van der Waals surface area contributed by atoms with E-state index in [9.17, 15) is 30.0 Å². The van der Waals surface area contributed by atoms with Gasteiger partial charge in [0.25, 0.3) is 0 Å². The molecule has 0 radical (unpaired) electrons. The predicted octanol–water partition coefficient (Wildman–Crippen LogP) is 4.53. The quantitative estimate of drug-likeness (QED) is 0.321. The normalized spacial score (nSPS) is 19.9. The molecule has 1 aliphatic heterocycles. The van der Waals surface area contributed by atoms with E-state index in [1.54, 1.807) is 24.3 Å². The van der Waals surface area contributed by atoms with Crippen LogP contribution in [0.25, 0.3) is 10.9 Å². The third-order valence-corrected chi connectivity index (χ3v) is 11.1. The summed E-state index contributed by atoms with van der Waals surface area (Å²) >= 11 is 0. The fraction of sp³-hybridized carbons (Fsp3) is 0.484. The van der Waals surface area contributed by atoms with E-state index in [0.717, 1.165) is 37.6 Å². The first-order valence-corrected chi connectivity index (χ1v) is 18.5. The Labute approximate surface area is 262 Å². The monoisotopic (exact) mass is 666 g/mol. The van der Waals surface area contributed by atoms with Crippen LogP contribution in [-0.2, 0) is 26.2 Å². The SMILES string of the molecule is COc1cc(S(C)(=O)=O)ccc1NCC#Cc1cc2c(N[C@H]3CC[C@@H](N4CC(S(C)(=O)=O)C4)CC3)cccc2n1CC(F)(F)F. The number of aromatic nitrogens is 1. The summed E-state index contributed by atoms with van der Waals surface area (Å²) in [6.45, 7) is 0.0535. The van der Waals surface area contributed by atoms with Crippen LogP contribution < -0.4 is 15.4 Å².